The Morgan fingerprint density at radius 1 is 1.04 bits per heavy atom. The molecule has 0 spiro atoms. The molecule has 48 heavy (non-hydrogen) atoms. The predicted octanol–water partition coefficient (Wildman–Crippen LogP) is 5.67. The number of fused-ring (bicyclic) bond motifs is 1. The fourth-order valence-corrected chi connectivity index (χ4v) is 5.67. The molecule has 2 atom stereocenters. The molecule has 0 unspecified atom stereocenters. The van der Waals surface area contributed by atoms with Gasteiger partial charge in [0.1, 0.15) is 29.5 Å². The van der Waals surface area contributed by atoms with E-state index in [9.17, 15) is 18.4 Å². The molecule has 4 heterocycles. The van der Waals surface area contributed by atoms with E-state index in [4.69, 9.17) is 9.47 Å². The van der Waals surface area contributed by atoms with Gasteiger partial charge in [0.2, 0.25) is 0 Å². The van der Waals surface area contributed by atoms with Gasteiger partial charge in [-0.15, -0.1) is 0 Å². The van der Waals surface area contributed by atoms with E-state index in [-0.39, 0.29) is 48.5 Å². The van der Waals surface area contributed by atoms with Crippen molar-refractivity contribution in [2.45, 2.75) is 57.8 Å². The fraction of sp³-hybridized carbons (Fsp3) is 0.294. The van der Waals surface area contributed by atoms with Crippen LogP contribution in [0.2, 0.25) is 0 Å². The highest BCUT2D eigenvalue weighted by Gasteiger charge is 2.26. The van der Waals surface area contributed by atoms with E-state index in [2.05, 4.69) is 40.9 Å². The quantitative estimate of drug-likeness (QED) is 0.141. The molecule has 1 saturated carbocycles. The number of nitrogens with one attached hydrogen (secondary N) is 4. The maximum absolute atomic E-state index is 14.8. The van der Waals surface area contributed by atoms with Crippen molar-refractivity contribution in [3.63, 3.8) is 0 Å². The smallest absolute Gasteiger partial charge is 0.407 e. The average Bonchev–Trinajstić information content (AvgIpc) is 3.51. The number of hydrogen-bond donors (Lipinski definition) is 4. The van der Waals surface area contributed by atoms with Crippen LogP contribution in [0, 0.1) is 11.6 Å². The van der Waals surface area contributed by atoms with Gasteiger partial charge in [0.05, 0.1) is 19.0 Å². The summed E-state index contributed by atoms with van der Waals surface area (Å²) < 4.78 is 39.6. The van der Waals surface area contributed by atoms with Crippen LogP contribution in [0.5, 0.6) is 5.75 Å². The number of H-pyrrole nitrogens is 1. The molecule has 14 heteroatoms. The Hall–Kier alpha value is -5.66. The van der Waals surface area contributed by atoms with Crippen molar-refractivity contribution in [2.24, 2.45) is 0 Å². The minimum Gasteiger partial charge on any atom is -0.494 e. The number of anilines is 1. The lowest BCUT2D eigenvalue weighted by Gasteiger charge is -2.30. The molecule has 5 aromatic rings. The van der Waals surface area contributed by atoms with E-state index >= 15 is 0 Å². The molecule has 6 rings (SSSR count). The van der Waals surface area contributed by atoms with Crippen LogP contribution in [0.15, 0.2) is 67.3 Å². The summed E-state index contributed by atoms with van der Waals surface area (Å²) in [6.45, 7) is 2.59. The third kappa shape index (κ3) is 7.82. The number of aromatic amines is 1. The molecule has 1 aliphatic rings. The molecule has 0 saturated heterocycles. The van der Waals surface area contributed by atoms with Crippen molar-refractivity contribution in [2.75, 3.05) is 11.9 Å². The van der Waals surface area contributed by atoms with Gasteiger partial charge in [-0.1, -0.05) is 18.2 Å². The third-order valence-electron chi connectivity index (χ3n) is 7.96. The van der Waals surface area contributed by atoms with Gasteiger partial charge in [-0.2, -0.15) is 0 Å². The number of alkyl carbamates (subject to hydrolysis) is 1. The van der Waals surface area contributed by atoms with E-state index in [0.717, 1.165) is 37.2 Å². The van der Waals surface area contributed by atoms with E-state index in [1.807, 2.05) is 31.2 Å². The fourth-order valence-electron chi connectivity index (χ4n) is 5.67. The van der Waals surface area contributed by atoms with Gasteiger partial charge in [0.15, 0.2) is 17.5 Å². The van der Waals surface area contributed by atoms with Crippen LogP contribution in [0.1, 0.15) is 54.2 Å². The lowest BCUT2D eigenvalue weighted by Crippen LogP contribution is -2.42. The summed E-state index contributed by atoms with van der Waals surface area (Å²) in [6.07, 6.45) is 7.48. The Labute approximate surface area is 274 Å². The van der Waals surface area contributed by atoms with Crippen LogP contribution >= 0.6 is 0 Å². The first-order chi connectivity index (χ1) is 23.4. The van der Waals surface area contributed by atoms with E-state index in [1.165, 1.54) is 12.3 Å². The number of carbonyl (C=O) groups is 2. The normalized spacial score (nSPS) is 15.9. The Kier molecular flexibility index (Phi) is 9.98. The Balaban J connectivity index is 1.02. The molecule has 0 bridgehead atoms. The minimum atomic E-state index is -0.624. The summed E-state index contributed by atoms with van der Waals surface area (Å²) in [5.74, 6) is -0.561. The van der Waals surface area contributed by atoms with Crippen molar-refractivity contribution >= 4 is 28.9 Å². The Bertz CT molecular complexity index is 1920. The molecule has 1 aliphatic carbocycles. The molecule has 248 valence electrons. The summed E-state index contributed by atoms with van der Waals surface area (Å²) in [7, 11) is 0. The highest BCUT2D eigenvalue weighted by molar-refractivity contribution is 5.93. The minimum absolute atomic E-state index is 0.0209. The number of halogens is 2. The molecule has 1 fully saturated rings. The molecule has 2 amide bonds. The predicted molar refractivity (Wildman–Crippen MR) is 173 cm³/mol. The SMILES string of the molecule is CCOc1ccccc1CNC(=O)OCc1ccnc(C(=O)N[C@H]2CCC[C@@H](Nc3nc(-c4c[nH]c5ncc(F)cc45)ncc3F)C2)c1. The zero-order valence-electron chi connectivity index (χ0n) is 26.1. The number of amides is 2. The van der Waals surface area contributed by atoms with Crippen molar-refractivity contribution in [1.82, 2.24) is 35.6 Å². The van der Waals surface area contributed by atoms with E-state index < -0.39 is 17.7 Å². The first-order valence-corrected chi connectivity index (χ1v) is 15.7. The number of ether oxygens (including phenoxy) is 2. The van der Waals surface area contributed by atoms with Crippen LogP contribution in [0.25, 0.3) is 22.4 Å². The van der Waals surface area contributed by atoms with Crippen molar-refractivity contribution in [3.8, 4) is 17.1 Å². The van der Waals surface area contributed by atoms with Crippen molar-refractivity contribution in [3.05, 3.63) is 95.7 Å². The van der Waals surface area contributed by atoms with Crippen LogP contribution in [-0.4, -0.2) is 55.6 Å². The number of rotatable bonds is 11. The number of para-hydroxylation sites is 1. The number of hydrogen-bond acceptors (Lipinski definition) is 9. The second-order valence-corrected chi connectivity index (χ2v) is 11.3. The lowest BCUT2D eigenvalue weighted by atomic mass is 9.91. The van der Waals surface area contributed by atoms with Crippen LogP contribution in [0.4, 0.5) is 19.4 Å². The average molecular weight is 657 g/mol. The molecule has 0 aliphatic heterocycles. The first kappa shape index (κ1) is 32.3. The van der Waals surface area contributed by atoms with Crippen LogP contribution < -0.4 is 20.7 Å². The standard InChI is InChI=1S/C34H34F2N8O4/c1-2-47-29-9-4-3-6-21(29)15-41-34(46)48-19-20-10-11-37-28(12-20)33(45)43-24-8-5-7-23(14-24)42-32-27(36)18-40-31(44-32)26-17-39-30-25(26)13-22(35)16-38-30/h3-4,6,9-13,16-18,23-24H,2,5,7-8,14-15,19H2,1H3,(H,38,39)(H,41,46)(H,43,45)(H,40,42,44)/t23-,24+/m1/s1. The summed E-state index contributed by atoms with van der Waals surface area (Å²) >= 11 is 0. The van der Waals surface area contributed by atoms with Gasteiger partial charge in [-0.3, -0.25) is 9.78 Å². The Morgan fingerprint density at radius 3 is 2.77 bits per heavy atom. The molecule has 12 nitrogen and oxygen atoms in total. The topological polar surface area (TPSA) is 156 Å². The number of aromatic nitrogens is 5. The number of benzene rings is 1. The highest BCUT2D eigenvalue weighted by Crippen LogP contribution is 2.28. The number of carbonyl (C=O) groups excluding carboxylic acids is 2. The maximum Gasteiger partial charge on any atom is 0.407 e. The lowest BCUT2D eigenvalue weighted by molar-refractivity contribution is 0.0921. The van der Waals surface area contributed by atoms with E-state index in [0.29, 0.717) is 40.9 Å². The van der Waals surface area contributed by atoms with Crippen molar-refractivity contribution < 1.29 is 27.8 Å². The van der Waals surface area contributed by atoms with Gasteiger partial charge in [-0.05, 0) is 62.4 Å². The van der Waals surface area contributed by atoms with Gasteiger partial charge >= 0.3 is 6.09 Å². The molecule has 4 N–H and O–H groups in total. The summed E-state index contributed by atoms with van der Waals surface area (Å²) in [5, 5.41) is 9.39. The highest BCUT2D eigenvalue weighted by atomic mass is 19.1. The van der Waals surface area contributed by atoms with Crippen molar-refractivity contribution in [1.29, 1.82) is 0 Å². The van der Waals surface area contributed by atoms with Gasteiger partial charge < -0.3 is 30.4 Å². The van der Waals surface area contributed by atoms with Gasteiger partial charge in [-0.25, -0.2) is 28.5 Å². The van der Waals surface area contributed by atoms with Gasteiger partial charge in [0.25, 0.3) is 5.91 Å². The number of pyridine rings is 2. The van der Waals surface area contributed by atoms with Crippen LogP contribution in [-0.2, 0) is 17.9 Å². The summed E-state index contributed by atoms with van der Waals surface area (Å²) in [5.41, 5.74) is 2.58. The van der Waals surface area contributed by atoms with Gasteiger partial charge in [0, 0.05) is 47.5 Å². The second-order valence-electron chi connectivity index (χ2n) is 11.3. The monoisotopic (exact) mass is 656 g/mol. The zero-order valence-corrected chi connectivity index (χ0v) is 26.1. The molecule has 4 aromatic heterocycles. The Morgan fingerprint density at radius 2 is 1.90 bits per heavy atom. The maximum atomic E-state index is 14.8. The molecular formula is C34H34F2N8O4. The number of nitrogens with zero attached hydrogens (tertiary/aromatic N) is 4. The third-order valence-corrected chi connectivity index (χ3v) is 7.96. The van der Waals surface area contributed by atoms with E-state index in [1.54, 1.807) is 18.3 Å². The first-order valence-electron chi connectivity index (χ1n) is 15.7. The molecule has 1 aromatic carbocycles. The second kappa shape index (κ2) is 14.8. The van der Waals surface area contributed by atoms with Crippen LogP contribution in [0.3, 0.4) is 0 Å². The summed E-state index contributed by atoms with van der Waals surface area (Å²) in [6, 6.07) is 11.6. The largest absolute Gasteiger partial charge is 0.494 e. The molecule has 0 radical (unpaired) electrons. The zero-order chi connectivity index (χ0) is 33.5. The molecular weight excluding hydrogens is 622 g/mol. The summed E-state index contributed by atoms with van der Waals surface area (Å²) in [4.78, 5) is 45.1.